The number of methoxy groups -OCH3 is 2. The number of piperidine rings is 1. The first-order chi connectivity index (χ1) is 17.7. The summed E-state index contributed by atoms with van der Waals surface area (Å²) in [5.41, 5.74) is 4.40. The molecule has 2 heterocycles. The summed E-state index contributed by atoms with van der Waals surface area (Å²) in [5.74, 6) is 2.19. The molecule has 0 amide bonds. The first-order valence-corrected chi connectivity index (χ1v) is 11.9. The van der Waals surface area contributed by atoms with Gasteiger partial charge in [-0.15, -0.1) is 0 Å². The van der Waals surface area contributed by atoms with Crippen molar-refractivity contribution in [3.63, 3.8) is 0 Å². The van der Waals surface area contributed by atoms with Gasteiger partial charge in [-0.1, -0.05) is 41.6 Å². The number of hydrogen-bond donors (Lipinski definition) is 1. The maximum absolute atomic E-state index is 9.73. The van der Waals surface area contributed by atoms with Crippen molar-refractivity contribution in [3.05, 3.63) is 89.8 Å². The summed E-state index contributed by atoms with van der Waals surface area (Å²) in [6, 6.07) is 23.2. The second-order valence-electron chi connectivity index (χ2n) is 8.67. The van der Waals surface area contributed by atoms with E-state index in [2.05, 4.69) is 10.1 Å². The fourth-order valence-corrected chi connectivity index (χ4v) is 4.64. The molecule has 1 aliphatic heterocycles. The van der Waals surface area contributed by atoms with E-state index in [1.54, 1.807) is 14.2 Å². The fourth-order valence-electron chi connectivity index (χ4n) is 4.64. The Balaban J connectivity index is 1.43. The van der Waals surface area contributed by atoms with Crippen LogP contribution in [0.3, 0.4) is 0 Å². The normalized spacial score (nSPS) is 18.3. The van der Waals surface area contributed by atoms with Gasteiger partial charge in [0, 0.05) is 19.3 Å². The first-order valence-electron chi connectivity index (χ1n) is 11.9. The Morgan fingerprint density at radius 3 is 2.00 bits per heavy atom. The molecule has 0 saturated carbocycles. The van der Waals surface area contributed by atoms with Gasteiger partial charge in [-0.05, 0) is 47.5 Å². The number of fused-ring (bicyclic) bond motifs is 1. The van der Waals surface area contributed by atoms with Gasteiger partial charge in [-0.2, -0.15) is 5.06 Å². The molecule has 4 aromatic rings. The first kappa shape index (κ1) is 23.8. The minimum Gasteiger partial charge on any atom is -0.497 e. The fraction of sp³-hybridized carbons (Fsp3) is 0.286. The predicted octanol–water partition coefficient (Wildman–Crippen LogP) is 5.73. The zero-order valence-electron chi connectivity index (χ0n) is 20.3. The van der Waals surface area contributed by atoms with Gasteiger partial charge in [-0.3, -0.25) is 4.84 Å². The largest absolute Gasteiger partial charge is 0.497 e. The van der Waals surface area contributed by atoms with E-state index in [4.69, 9.17) is 18.7 Å². The molecule has 1 saturated heterocycles. The highest BCUT2D eigenvalue weighted by Gasteiger charge is 2.37. The number of hydrogen-bond acceptors (Lipinski definition) is 8. The Hall–Kier alpha value is -3.88. The van der Waals surface area contributed by atoms with E-state index < -0.39 is 0 Å². The summed E-state index contributed by atoms with van der Waals surface area (Å²) >= 11 is 0. The number of benzene rings is 3. The summed E-state index contributed by atoms with van der Waals surface area (Å²) in [5, 5.41) is 15.4. The number of hydroxylamine groups is 2. The van der Waals surface area contributed by atoms with Gasteiger partial charge < -0.3 is 19.1 Å². The van der Waals surface area contributed by atoms with Crippen molar-refractivity contribution in [2.24, 2.45) is 5.16 Å². The Labute approximate surface area is 209 Å². The van der Waals surface area contributed by atoms with Crippen molar-refractivity contribution in [2.75, 3.05) is 20.8 Å². The van der Waals surface area contributed by atoms with Crippen LogP contribution in [0.1, 0.15) is 41.9 Å². The van der Waals surface area contributed by atoms with E-state index in [-0.39, 0.29) is 12.1 Å². The number of aromatic nitrogens is 1. The lowest BCUT2D eigenvalue weighted by molar-refractivity contribution is -0.220. The Kier molecular flexibility index (Phi) is 7.16. The van der Waals surface area contributed by atoms with Gasteiger partial charge in [0.15, 0.2) is 11.5 Å². The van der Waals surface area contributed by atoms with Crippen molar-refractivity contribution >= 4 is 16.8 Å². The monoisotopic (exact) mass is 487 g/mol. The van der Waals surface area contributed by atoms with Gasteiger partial charge >= 0.3 is 0 Å². The quantitative estimate of drug-likeness (QED) is 0.251. The molecular formula is C28H29N3O5. The lowest BCUT2D eigenvalue weighted by atomic mass is 9.88. The number of oxazole rings is 1. The van der Waals surface area contributed by atoms with Crippen LogP contribution in [0.25, 0.3) is 11.1 Å². The van der Waals surface area contributed by atoms with Gasteiger partial charge in [0.2, 0.25) is 0 Å². The van der Waals surface area contributed by atoms with Crippen molar-refractivity contribution in [1.82, 2.24) is 10.0 Å². The smallest absolute Gasteiger partial charge is 0.197 e. The topological polar surface area (TPSA) is 89.5 Å². The van der Waals surface area contributed by atoms with E-state index in [1.165, 1.54) is 0 Å². The summed E-state index contributed by atoms with van der Waals surface area (Å²) in [7, 11) is 3.29. The number of para-hydroxylation sites is 2. The number of ether oxygens (including phenoxy) is 2. The minimum atomic E-state index is -0.161. The molecule has 186 valence electrons. The SMILES string of the molecule is COc1ccc(C2CC(=NO)CC(c3ccc(OC)cc3)N2OCCc2nc3ccccc3o2)cc1. The van der Waals surface area contributed by atoms with Gasteiger partial charge in [0.05, 0.1) is 38.6 Å². The number of nitrogens with zero attached hydrogens (tertiary/aromatic N) is 3. The standard InChI is InChI=1S/C28H29N3O5/c1-33-22-11-7-19(8-12-22)25-17-21(30-32)18-26(20-9-13-23(34-2)14-10-20)31(25)35-16-15-28-29-24-5-3-4-6-27(24)36-28/h3-14,25-26,32H,15-18H2,1-2H3. The summed E-state index contributed by atoms with van der Waals surface area (Å²) in [6.45, 7) is 0.387. The van der Waals surface area contributed by atoms with Crippen LogP contribution < -0.4 is 9.47 Å². The molecule has 8 heteroatoms. The third-order valence-electron chi connectivity index (χ3n) is 6.51. The molecule has 8 nitrogen and oxygen atoms in total. The zero-order chi connectivity index (χ0) is 24.9. The average Bonchev–Trinajstić information content (AvgIpc) is 3.36. The molecule has 0 aliphatic carbocycles. The molecule has 1 aromatic heterocycles. The molecule has 1 fully saturated rings. The molecule has 2 atom stereocenters. The molecule has 36 heavy (non-hydrogen) atoms. The predicted molar refractivity (Wildman–Crippen MR) is 135 cm³/mol. The maximum atomic E-state index is 9.73. The molecule has 0 bridgehead atoms. The van der Waals surface area contributed by atoms with Crippen LogP contribution in [-0.2, 0) is 11.3 Å². The zero-order valence-corrected chi connectivity index (χ0v) is 20.3. The van der Waals surface area contributed by atoms with Gasteiger partial charge in [0.25, 0.3) is 0 Å². The summed E-state index contributed by atoms with van der Waals surface area (Å²) in [6.07, 6.45) is 1.60. The number of oxime groups is 1. The van der Waals surface area contributed by atoms with E-state index in [1.807, 2.05) is 77.9 Å². The molecule has 0 radical (unpaired) electrons. The highest BCUT2D eigenvalue weighted by molar-refractivity contribution is 5.86. The van der Waals surface area contributed by atoms with E-state index in [0.717, 1.165) is 39.4 Å². The molecule has 2 unspecified atom stereocenters. The maximum Gasteiger partial charge on any atom is 0.197 e. The van der Waals surface area contributed by atoms with E-state index >= 15 is 0 Å². The molecule has 1 N–H and O–H groups in total. The highest BCUT2D eigenvalue weighted by atomic mass is 16.7. The van der Waals surface area contributed by atoms with Crippen molar-refractivity contribution < 1.29 is 23.9 Å². The molecule has 1 aliphatic rings. The summed E-state index contributed by atoms with van der Waals surface area (Å²) < 4.78 is 16.6. The van der Waals surface area contributed by atoms with E-state index in [9.17, 15) is 5.21 Å². The second kappa shape index (κ2) is 10.8. The lowest BCUT2D eigenvalue weighted by Crippen LogP contribution is -2.40. The Morgan fingerprint density at radius 1 is 0.889 bits per heavy atom. The highest BCUT2D eigenvalue weighted by Crippen LogP contribution is 2.41. The average molecular weight is 488 g/mol. The van der Waals surface area contributed by atoms with Crippen LogP contribution >= 0.6 is 0 Å². The third-order valence-corrected chi connectivity index (χ3v) is 6.51. The van der Waals surface area contributed by atoms with Crippen molar-refractivity contribution in [3.8, 4) is 11.5 Å². The third kappa shape index (κ3) is 5.05. The van der Waals surface area contributed by atoms with Crippen molar-refractivity contribution in [2.45, 2.75) is 31.3 Å². The summed E-state index contributed by atoms with van der Waals surface area (Å²) in [4.78, 5) is 11.0. The van der Waals surface area contributed by atoms with Crippen molar-refractivity contribution in [1.29, 1.82) is 0 Å². The van der Waals surface area contributed by atoms with Crippen LogP contribution in [0, 0.1) is 0 Å². The second-order valence-corrected chi connectivity index (χ2v) is 8.67. The van der Waals surface area contributed by atoms with Crippen LogP contribution in [-0.4, -0.2) is 41.8 Å². The molecule has 5 rings (SSSR count). The van der Waals surface area contributed by atoms with Crippen LogP contribution in [0.5, 0.6) is 11.5 Å². The van der Waals surface area contributed by atoms with Gasteiger partial charge in [-0.25, -0.2) is 4.98 Å². The minimum absolute atomic E-state index is 0.161. The van der Waals surface area contributed by atoms with E-state index in [0.29, 0.717) is 31.8 Å². The molecule has 3 aromatic carbocycles. The lowest BCUT2D eigenvalue weighted by Gasteiger charge is -2.41. The van der Waals surface area contributed by atoms with Gasteiger partial charge in [0.1, 0.15) is 17.0 Å². The molecular weight excluding hydrogens is 458 g/mol. The Morgan fingerprint density at radius 2 is 1.47 bits per heavy atom. The Bertz CT molecular complexity index is 1220. The van der Waals surface area contributed by atoms with Crippen LogP contribution in [0.2, 0.25) is 0 Å². The van der Waals surface area contributed by atoms with Crippen LogP contribution in [0.4, 0.5) is 0 Å². The number of rotatable bonds is 8. The van der Waals surface area contributed by atoms with Crippen LogP contribution in [0.15, 0.2) is 82.4 Å². The molecule has 0 spiro atoms.